The summed E-state index contributed by atoms with van der Waals surface area (Å²) < 4.78 is 29.9. The zero-order valence-corrected chi connectivity index (χ0v) is 18.0. The van der Waals surface area contributed by atoms with Gasteiger partial charge in [-0.1, -0.05) is 76.9 Å². The fourth-order valence-electron chi connectivity index (χ4n) is 3.06. The summed E-state index contributed by atoms with van der Waals surface area (Å²) in [6.45, 7) is 4.65. The summed E-state index contributed by atoms with van der Waals surface area (Å²) in [5.74, 6) is -0.205. The van der Waals surface area contributed by atoms with Crippen molar-refractivity contribution in [3.63, 3.8) is 0 Å². The van der Waals surface area contributed by atoms with E-state index in [1.807, 2.05) is 0 Å². The summed E-state index contributed by atoms with van der Waals surface area (Å²) in [5, 5.41) is 3.14. The van der Waals surface area contributed by atoms with Gasteiger partial charge in [-0.25, -0.2) is 0 Å². The molecule has 0 aromatic carbocycles. The first-order valence-corrected chi connectivity index (χ1v) is 12.4. The SMILES string of the molecule is CCCCCCCC/C=C\CCCCCCCC(C)NCCS(=O)(=O)O.[NaH]. The van der Waals surface area contributed by atoms with Gasteiger partial charge in [0, 0.05) is 12.6 Å². The van der Waals surface area contributed by atoms with E-state index >= 15 is 0 Å². The van der Waals surface area contributed by atoms with Crippen LogP contribution in [0, 0.1) is 0 Å². The minimum atomic E-state index is -3.84. The number of hydrogen-bond acceptors (Lipinski definition) is 3. The molecule has 0 bridgehead atoms. The second kappa shape index (κ2) is 21.3. The standard InChI is InChI=1S/C21H43NO3S.Na.H/c1-3-4-5-6-7-8-9-10-11-12-13-14-15-16-17-18-21(2)22-19-20-26(23,24)25;;/h10-11,21-22H,3-9,12-20H2,1-2H3,(H,23,24,25);;/b11-10-;;. The van der Waals surface area contributed by atoms with Crippen molar-refractivity contribution >= 4 is 39.7 Å². The molecule has 2 N–H and O–H groups in total. The molecule has 0 heterocycles. The number of hydrogen-bond donors (Lipinski definition) is 2. The van der Waals surface area contributed by atoms with Gasteiger partial charge in [-0.05, 0) is 39.0 Å². The van der Waals surface area contributed by atoms with E-state index in [0.29, 0.717) is 12.6 Å². The van der Waals surface area contributed by atoms with Crippen LogP contribution in [0.1, 0.15) is 104 Å². The molecule has 158 valence electrons. The molecule has 0 aliphatic carbocycles. The molecule has 0 spiro atoms. The van der Waals surface area contributed by atoms with Crippen LogP contribution in [0.4, 0.5) is 0 Å². The Morgan fingerprint density at radius 3 is 1.85 bits per heavy atom. The first kappa shape index (κ1) is 29.8. The zero-order valence-electron chi connectivity index (χ0n) is 17.2. The molecule has 6 heteroatoms. The van der Waals surface area contributed by atoms with Crippen molar-refractivity contribution in [1.29, 1.82) is 0 Å². The Balaban J connectivity index is 0. The van der Waals surface area contributed by atoms with E-state index in [-0.39, 0.29) is 35.3 Å². The third-order valence-corrected chi connectivity index (χ3v) is 5.47. The van der Waals surface area contributed by atoms with Gasteiger partial charge in [-0.3, -0.25) is 4.55 Å². The zero-order chi connectivity index (χ0) is 19.5. The Morgan fingerprint density at radius 2 is 1.33 bits per heavy atom. The fourth-order valence-corrected chi connectivity index (χ4v) is 3.43. The molecule has 0 saturated heterocycles. The van der Waals surface area contributed by atoms with Crippen LogP contribution in [0.2, 0.25) is 0 Å². The normalized spacial score (nSPS) is 13.0. The molecule has 0 rings (SSSR count). The van der Waals surface area contributed by atoms with Gasteiger partial charge in [-0.2, -0.15) is 8.42 Å². The van der Waals surface area contributed by atoms with E-state index in [4.69, 9.17) is 4.55 Å². The van der Waals surface area contributed by atoms with Gasteiger partial charge < -0.3 is 5.32 Å². The predicted molar refractivity (Wildman–Crippen MR) is 120 cm³/mol. The van der Waals surface area contributed by atoms with E-state index in [0.717, 1.165) is 6.42 Å². The van der Waals surface area contributed by atoms with Gasteiger partial charge >= 0.3 is 29.6 Å². The van der Waals surface area contributed by atoms with Crippen molar-refractivity contribution in [2.75, 3.05) is 12.3 Å². The van der Waals surface area contributed by atoms with Crippen molar-refractivity contribution in [2.24, 2.45) is 0 Å². The van der Waals surface area contributed by atoms with E-state index in [1.54, 1.807) is 0 Å². The third-order valence-electron chi connectivity index (χ3n) is 4.75. The topological polar surface area (TPSA) is 66.4 Å². The van der Waals surface area contributed by atoms with Crippen LogP contribution in [0.3, 0.4) is 0 Å². The van der Waals surface area contributed by atoms with Crippen LogP contribution in [-0.4, -0.2) is 60.9 Å². The molecule has 0 aliphatic rings. The average Bonchev–Trinajstić information content (AvgIpc) is 2.57. The van der Waals surface area contributed by atoms with Crippen molar-refractivity contribution < 1.29 is 13.0 Å². The molecule has 4 nitrogen and oxygen atoms in total. The number of unbranched alkanes of at least 4 members (excludes halogenated alkanes) is 11. The van der Waals surface area contributed by atoms with Crippen LogP contribution >= 0.6 is 0 Å². The molecule has 27 heavy (non-hydrogen) atoms. The van der Waals surface area contributed by atoms with Gasteiger partial charge in [0.15, 0.2) is 0 Å². The molecule has 1 unspecified atom stereocenters. The molecule has 0 amide bonds. The van der Waals surface area contributed by atoms with Crippen molar-refractivity contribution in [3.05, 3.63) is 12.2 Å². The summed E-state index contributed by atoms with van der Waals surface area (Å²) >= 11 is 0. The predicted octanol–water partition coefficient (Wildman–Crippen LogP) is 5.24. The van der Waals surface area contributed by atoms with E-state index in [9.17, 15) is 8.42 Å². The monoisotopic (exact) mass is 413 g/mol. The van der Waals surface area contributed by atoms with E-state index in [2.05, 4.69) is 31.3 Å². The van der Waals surface area contributed by atoms with Crippen LogP contribution in [0.15, 0.2) is 12.2 Å². The first-order chi connectivity index (χ1) is 12.5. The van der Waals surface area contributed by atoms with Crippen LogP contribution in [-0.2, 0) is 10.1 Å². The van der Waals surface area contributed by atoms with Gasteiger partial charge in [0.05, 0.1) is 5.75 Å². The number of nitrogens with one attached hydrogen (secondary N) is 1. The Hall–Kier alpha value is 0.610. The second-order valence-electron chi connectivity index (χ2n) is 7.51. The summed E-state index contributed by atoms with van der Waals surface area (Å²) in [5.41, 5.74) is 0. The molecule has 0 aromatic rings. The minimum absolute atomic E-state index is 0. The Bertz CT molecular complexity index is 427. The van der Waals surface area contributed by atoms with Gasteiger partial charge in [-0.15, -0.1) is 0 Å². The summed E-state index contributed by atoms with van der Waals surface area (Å²) in [6, 6.07) is 0.307. The Labute approximate surface area is 191 Å². The molecular formula is C21H44NNaO3S. The molecule has 0 saturated carbocycles. The van der Waals surface area contributed by atoms with Gasteiger partial charge in [0.1, 0.15) is 0 Å². The first-order valence-electron chi connectivity index (χ1n) is 10.8. The number of allylic oxidation sites excluding steroid dienone is 2. The van der Waals surface area contributed by atoms with Crippen molar-refractivity contribution in [2.45, 2.75) is 110 Å². The molecular weight excluding hydrogens is 369 g/mol. The maximum atomic E-state index is 10.6. The van der Waals surface area contributed by atoms with E-state index < -0.39 is 10.1 Å². The quantitative estimate of drug-likeness (QED) is 0.131. The summed E-state index contributed by atoms with van der Waals surface area (Å²) in [7, 11) is -3.84. The Kier molecular flexibility index (Phi) is 23.5. The fraction of sp³-hybridized carbons (Fsp3) is 0.905. The average molecular weight is 414 g/mol. The summed E-state index contributed by atoms with van der Waals surface area (Å²) in [6.07, 6.45) is 22.8. The Morgan fingerprint density at radius 1 is 0.852 bits per heavy atom. The third kappa shape index (κ3) is 26.6. The van der Waals surface area contributed by atoms with Crippen molar-refractivity contribution in [3.8, 4) is 0 Å². The van der Waals surface area contributed by atoms with Crippen molar-refractivity contribution in [1.82, 2.24) is 5.32 Å². The molecule has 0 aliphatic heterocycles. The molecule has 0 radical (unpaired) electrons. The van der Waals surface area contributed by atoms with Crippen LogP contribution in [0.5, 0.6) is 0 Å². The maximum absolute atomic E-state index is 10.6. The molecule has 0 fully saturated rings. The number of rotatable bonds is 19. The van der Waals surface area contributed by atoms with E-state index in [1.165, 1.54) is 83.5 Å². The molecule has 1 atom stereocenters. The van der Waals surface area contributed by atoms with Crippen LogP contribution < -0.4 is 5.32 Å². The van der Waals surface area contributed by atoms with Crippen LogP contribution in [0.25, 0.3) is 0 Å². The second-order valence-corrected chi connectivity index (χ2v) is 9.09. The molecule has 0 aromatic heterocycles. The van der Waals surface area contributed by atoms with Gasteiger partial charge in [0.2, 0.25) is 0 Å². The summed E-state index contributed by atoms with van der Waals surface area (Å²) in [4.78, 5) is 0. The van der Waals surface area contributed by atoms with Gasteiger partial charge in [0.25, 0.3) is 10.1 Å².